The molecule has 0 N–H and O–H groups in total. The van der Waals surface area contributed by atoms with Crippen LogP contribution in [0.15, 0.2) is 0 Å². The van der Waals surface area contributed by atoms with Gasteiger partial charge < -0.3 is 28.4 Å². The highest BCUT2D eigenvalue weighted by Gasteiger charge is 2.22. The standard InChI is InChI=1S/C16H26O8/c17-15(21-7-5-19-9-13-11-23-13)3-1-2-4-16(18)22-8-6-20-10-14-12-24-14/h13-14H,1-12H2. The SMILES string of the molecule is O=C(CCCCC(=O)OCCOCC1CO1)OCCOCC1CO1. The average molecular weight is 346 g/mol. The Balaban J connectivity index is 1.30. The van der Waals surface area contributed by atoms with E-state index < -0.39 is 0 Å². The molecule has 24 heavy (non-hydrogen) atoms. The summed E-state index contributed by atoms with van der Waals surface area (Å²) in [5, 5.41) is 0. The van der Waals surface area contributed by atoms with Gasteiger partial charge in [-0.25, -0.2) is 0 Å². The average Bonchev–Trinajstić information content (AvgIpc) is 3.45. The molecule has 2 rings (SSSR count). The number of epoxide rings is 2. The zero-order chi connectivity index (χ0) is 17.0. The van der Waals surface area contributed by atoms with Gasteiger partial charge in [0, 0.05) is 12.8 Å². The van der Waals surface area contributed by atoms with E-state index in [4.69, 9.17) is 28.4 Å². The number of unbranched alkanes of at least 4 members (excludes halogenated alkanes) is 1. The first-order chi connectivity index (χ1) is 11.7. The number of rotatable bonds is 15. The fraction of sp³-hybridized carbons (Fsp3) is 0.875. The lowest BCUT2D eigenvalue weighted by atomic mass is 10.2. The molecule has 2 saturated heterocycles. The molecule has 138 valence electrons. The summed E-state index contributed by atoms with van der Waals surface area (Å²) in [5.41, 5.74) is 0. The summed E-state index contributed by atoms with van der Waals surface area (Å²) in [5.74, 6) is -0.546. The lowest BCUT2D eigenvalue weighted by molar-refractivity contribution is -0.147. The third-order valence-corrected chi connectivity index (χ3v) is 3.41. The summed E-state index contributed by atoms with van der Waals surface area (Å²) in [6, 6.07) is 0. The van der Waals surface area contributed by atoms with Crippen LogP contribution < -0.4 is 0 Å². The monoisotopic (exact) mass is 346 g/mol. The number of carbonyl (C=O) groups is 2. The van der Waals surface area contributed by atoms with E-state index in [1.165, 1.54) is 0 Å². The minimum atomic E-state index is -0.273. The molecule has 8 heteroatoms. The number of carbonyl (C=O) groups excluding carboxylic acids is 2. The molecule has 0 aromatic rings. The zero-order valence-electron chi connectivity index (χ0n) is 13.9. The van der Waals surface area contributed by atoms with Gasteiger partial charge in [0.05, 0.1) is 39.6 Å². The largest absolute Gasteiger partial charge is 0.463 e. The number of hydrogen-bond acceptors (Lipinski definition) is 8. The van der Waals surface area contributed by atoms with Gasteiger partial charge in [0.2, 0.25) is 0 Å². The van der Waals surface area contributed by atoms with Gasteiger partial charge in [0.1, 0.15) is 25.4 Å². The molecule has 2 heterocycles. The maximum Gasteiger partial charge on any atom is 0.305 e. The van der Waals surface area contributed by atoms with Crippen molar-refractivity contribution in [1.29, 1.82) is 0 Å². The molecular weight excluding hydrogens is 320 g/mol. The predicted octanol–water partition coefficient (Wildman–Crippen LogP) is 0.464. The summed E-state index contributed by atoms with van der Waals surface area (Å²) < 4.78 is 30.5. The summed E-state index contributed by atoms with van der Waals surface area (Å²) in [6.45, 7) is 3.88. The number of hydrogen-bond donors (Lipinski definition) is 0. The fourth-order valence-electron chi connectivity index (χ4n) is 1.87. The van der Waals surface area contributed by atoms with Crippen molar-refractivity contribution in [1.82, 2.24) is 0 Å². The molecule has 2 aliphatic rings. The van der Waals surface area contributed by atoms with Crippen molar-refractivity contribution in [2.75, 3.05) is 52.9 Å². The second-order valence-corrected chi connectivity index (χ2v) is 5.71. The maximum atomic E-state index is 11.5. The third kappa shape index (κ3) is 10.5. The van der Waals surface area contributed by atoms with Crippen molar-refractivity contribution in [3.63, 3.8) is 0 Å². The Morgan fingerprint density at radius 2 is 1.17 bits per heavy atom. The van der Waals surface area contributed by atoms with Crippen LogP contribution in [0.4, 0.5) is 0 Å². The minimum Gasteiger partial charge on any atom is -0.463 e. The molecule has 2 unspecified atom stereocenters. The normalized spacial score (nSPS) is 21.3. The van der Waals surface area contributed by atoms with Gasteiger partial charge in [-0.1, -0.05) is 0 Å². The Morgan fingerprint density at radius 3 is 1.54 bits per heavy atom. The summed E-state index contributed by atoms with van der Waals surface area (Å²) in [6.07, 6.45) is 2.23. The van der Waals surface area contributed by atoms with Gasteiger partial charge in [0.15, 0.2) is 0 Å². The Morgan fingerprint density at radius 1 is 0.750 bits per heavy atom. The Labute approximate surface area is 141 Å². The van der Waals surface area contributed by atoms with Gasteiger partial charge in [-0.05, 0) is 12.8 Å². The van der Waals surface area contributed by atoms with Crippen LogP contribution >= 0.6 is 0 Å². The first-order valence-electron chi connectivity index (χ1n) is 8.44. The topological polar surface area (TPSA) is 96.1 Å². The molecule has 0 bridgehead atoms. The predicted molar refractivity (Wildman–Crippen MR) is 81.5 cm³/mol. The van der Waals surface area contributed by atoms with Crippen molar-refractivity contribution in [3.05, 3.63) is 0 Å². The van der Waals surface area contributed by atoms with Crippen molar-refractivity contribution >= 4 is 11.9 Å². The van der Waals surface area contributed by atoms with Crippen molar-refractivity contribution < 1.29 is 38.0 Å². The van der Waals surface area contributed by atoms with Crippen molar-refractivity contribution in [2.45, 2.75) is 37.9 Å². The molecular formula is C16H26O8. The smallest absolute Gasteiger partial charge is 0.305 e. The zero-order valence-corrected chi connectivity index (χ0v) is 13.9. The van der Waals surface area contributed by atoms with Crippen LogP contribution in [0, 0.1) is 0 Å². The molecule has 2 fully saturated rings. The van der Waals surface area contributed by atoms with E-state index in [1.807, 2.05) is 0 Å². The molecule has 0 aliphatic carbocycles. The van der Waals surface area contributed by atoms with Gasteiger partial charge in [-0.3, -0.25) is 9.59 Å². The molecule has 2 aliphatic heterocycles. The van der Waals surface area contributed by atoms with Gasteiger partial charge >= 0.3 is 11.9 Å². The van der Waals surface area contributed by atoms with E-state index in [1.54, 1.807) is 0 Å². The molecule has 8 nitrogen and oxygen atoms in total. The third-order valence-electron chi connectivity index (χ3n) is 3.41. The molecule has 2 atom stereocenters. The highest BCUT2D eigenvalue weighted by molar-refractivity contribution is 5.70. The summed E-state index contributed by atoms with van der Waals surface area (Å²) in [7, 11) is 0. The summed E-state index contributed by atoms with van der Waals surface area (Å²) in [4.78, 5) is 22.9. The van der Waals surface area contributed by atoms with E-state index in [-0.39, 0.29) is 37.4 Å². The fourth-order valence-corrected chi connectivity index (χ4v) is 1.87. The summed E-state index contributed by atoms with van der Waals surface area (Å²) >= 11 is 0. The maximum absolute atomic E-state index is 11.5. The second-order valence-electron chi connectivity index (χ2n) is 5.71. The van der Waals surface area contributed by atoms with Crippen LogP contribution in [0.1, 0.15) is 25.7 Å². The van der Waals surface area contributed by atoms with Crippen molar-refractivity contribution in [3.8, 4) is 0 Å². The Hall–Kier alpha value is -1.22. The second kappa shape index (κ2) is 11.4. The van der Waals surface area contributed by atoms with Crippen LogP contribution in [0.3, 0.4) is 0 Å². The van der Waals surface area contributed by atoms with E-state index in [2.05, 4.69) is 0 Å². The highest BCUT2D eigenvalue weighted by Crippen LogP contribution is 2.09. The lowest BCUT2D eigenvalue weighted by Crippen LogP contribution is -2.13. The number of ether oxygens (including phenoxy) is 6. The first-order valence-corrected chi connectivity index (χ1v) is 8.44. The van der Waals surface area contributed by atoms with Crippen LogP contribution in [0.5, 0.6) is 0 Å². The van der Waals surface area contributed by atoms with Crippen LogP contribution in [-0.2, 0) is 38.0 Å². The molecule has 0 amide bonds. The number of esters is 2. The Bertz CT molecular complexity index is 342. The first kappa shape index (κ1) is 19.1. The van der Waals surface area contributed by atoms with Crippen molar-refractivity contribution in [2.24, 2.45) is 0 Å². The van der Waals surface area contributed by atoms with Gasteiger partial charge in [-0.15, -0.1) is 0 Å². The van der Waals surface area contributed by atoms with Crippen LogP contribution in [0.25, 0.3) is 0 Å². The van der Waals surface area contributed by atoms with Crippen LogP contribution in [-0.4, -0.2) is 77.0 Å². The van der Waals surface area contributed by atoms with Gasteiger partial charge in [0.25, 0.3) is 0 Å². The quantitative estimate of drug-likeness (QED) is 0.240. The molecule has 0 saturated carbocycles. The minimum absolute atomic E-state index is 0.222. The Kier molecular flexibility index (Phi) is 9.04. The van der Waals surface area contributed by atoms with Crippen LogP contribution in [0.2, 0.25) is 0 Å². The molecule has 0 aromatic heterocycles. The van der Waals surface area contributed by atoms with E-state index in [0.29, 0.717) is 52.1 Å². The highest BCUT2D eigenvalue weighted by atomic mass is 16.6. The molecule has 0 spiro atoms. The molecule has 0 radical (unpaired) electrons. The van der Waals surface area contributed by atoms with Gasteiger partial charge in [-0.2, -0.15) is 0 Å². The van der Waals surface area contributed by atoms with E-state index in [0.717, 1.165) is 13.2 Å². The lowest BCUT2D eigenvalue weighted by Gasteiger charge is -2.06. The van der Waals surface area contributed by atoms with E-state index >= 15 is 0 Å². The molecule has 0 aromatic carbocycles. The van der Waals surface area contributed by atoms with E-state index in [9.17, 15) is 9.59 Å².